The Labute approximate surface area is 86.3 Å². The second-order valence-corrected chi connectivity index (χ2v) is 3.72. The lowest BCUT2D eigenvalue weighted by atomic mass is 10.1. The molecule has 0 amide bonds. The summed E-state index contributed by atoms with van der Waals surface area (Å²) in [4.78, 5) is 0. The highest BCUT2D eigenvalue weighted by Crippen LogP contribution is 2.02. The highest BCUT2D eigenvalue weighted by Gasteiger charge is 1.99. The van der Waals surface area contributed by atoms with Gasteiger partial charge in [-0.15, -0.1) is 0 Å². The van der Waals surface area contributed by atoms with Gasteiger partial charge >= 0.3 is 0 Å². The monoisotopic (exact) mass is 193 g/mol. The van der Waals surface area contributed by atoms with Crippen molar-refractivity contribution < 1.29 is 4.74 Å². The molecule has 0 radical (unpaired) electrons. The minimum Gasteiger partial charge on any atom is -0.383 e. The van der Waals surface area contributed by atoms with E-state index in [1.165, 1.54) is 11.1 Å². The van der Waals surface area contributed by atoms with Gasteiger partial charge in [-0.05, 0) is 19.4 Å². The lowest BCUT2D eigenvalue weighted by molar-refractivity contribution is 0.171. The van der Waals surface area contributed by atoms with Gasteiger partial charge in [0.1, 0.15) is 0 Å². The van der Waals surface area contributed by atoms with Gasteiger partial charge in [0, 0.05) is 19.7 Å². The maximum absolute atomic E-state index is 5.05. The Balaban J connectivity index is 2.34. The predicted molar refractivity (Wildman–Crippen MR) is 59.4 cm³/mol. The molecule has 1 aromatic carbocycles. The molecule has 0 saturated carbocycles. The first-order valence-electron chi connectivity index (χ1n) is 5.00. The van der Waals surface area contributed by atoms with Crippen LogP contribution in [0.15, 0.2) is 24.3 Å². The molecule has 1 N–H and O–H groups in total. The third-order valence-corrected chi connectivity index (χ3v) is 2.19. The molecule has 2 heteroatoms. The molecule has 1 atom stereocenters. The number of aryl methyl sites for hydroxylation is 1. The van der Waals surface area contributed by atoms with Crippen LogP contribution in [0.3, 0.4) is 0 Å². The molecule has 0 aliphatic heterocycles. The lowest BCUT2D eigenvalue weighted by Gasteiger charge is -2.12. The Bertz CT molecular complexity index is 256. The molecule has 1 aromatic rings. The van der Waals surface area contributed by atoms with Crippen LogP contribution in [0.25, 0.3) is 0 Å². The maximum Gasteiger partial charge on any atom is 0.0613 e. The zero-order valence-electron chi connectivity index (χ0n) is 9.21. The average Bonchev–Trinajstić information content (AvgIpc) is 2.17. The van der Waals surface area contributed by atoms with E-state index in [9.17, 15) is 0 Å². The van der Waals surface area contributed by atoms with Crippen molar-refractivity contribution in [3.8, 4) is 0 Å². The minimum absolute atomic E-state index is 0.404. The largest absolute Gasteiger partial charge is 0.383 e. The van der Waals surface area contributed by atoms with E-state index in [0.717, 1.165) is 13.2 Å². The van der Waals surface area contributed by atoms with Gasteiger partial charge in [0.05, 0.1) is 6.61 Å². The zero-order chi connectivity index (χ0) is 10.4. The van der Waals surface area contributed by atoms with E-state index < -0.39 is 0 Å². The van der Waals surface area contributed by atoms with Crippen LogP contribution in [0.2, 0.25) is 0 Å². The SMILES string of the molecule is COCC(C)NCc1ccc(C)cc1. The molecule has 1 unspecified atom stereocenters. The molecule has 0 aromatic heterocycles. The number of methoxy groups -OCH3 is 1. The highest BCUT2D eigenvalue weighted by atomic mass is 16.5. The molecular weight excluding hydrogens is 174 g/mol. The van der Waals surface area contributed by atoms with Gasteiger partial charge in [0.25, 0.3) is 0 Å². The molecule has 0 aliphatic rings. The quantitative estimate of drug-likeness (QED) is 0.773. The number of hydrogen-bond acceptors (Lipinski definition) is 2. The summed E-state index contributed by atoms with van der Waals surface area (Å²) in [6.07, 6.45) is 0. The first-order valence-corrected chi connectivity index (χ1v) is 5.00. The van der Waals surface area contributed by atoms with Gasteiger partial charge < -0.3 is 10.1 Å². The van der Waals surface area contributed by atoms with Crippen molar-refractivity contribution in [3.63, 3.8) is 0 Å². The smallest absolute Gasteiger partial charge is 0.0613 e. The normalized spacial score (nSPS) is 12.8. The van der Waals surface area contributed by atoms with Gasteiger partial charge in [0.15, 0.2) is 0 Å². The number of ether oxygens (including phenoxy) is 1. The van der Waals surface area contributed by atoms with Crippen molar-refractivity contribution >= 4 is 0 Å². The maximum atomic E-state index is 5.05. The molecule has 0 saturated heterocycles. The van der Waals surface area contributed by atoms with Crippen LogP contribution in [0, 0.1) is 6.92 Å². The number of nitrogens with one attached hydrogen (secondary N) is 1. The third kappa shape index (κ3) is 3.90. The van der Waals surface area contributed by atoms with Crippen molar-refractivity contribution in [3.05, 3.63) is 35.4 Å². The third-order valence-electron chi connectivity index (χ3n) is 2.19. The molecule has 0 heterocycles. The molecule has 0 aliphatic carbocycles. The standard InChI is InChI=1S/C12H19NO/c1-10-4-6-12(7-5-10)8-13-11(2)9-14-3/h4-7,11,13H,8-9H2,1-3H3. The second kappa shape index (κ2) is 5.78. The summed E-state index contributed by atoms with van der Waals surface area (Å²) in [6, 6.07) is 8.99. The fraction of sp³-hybridized carbons (Fsp3) is 0.500. The summed E-state index contributed by atoms with van der Waals surface area (Å²) >= 11 is 0. The van der Waals surface area contributed by atoms with E-state index in [4.69, 9.17) is 4.74 Å². The topological polar surface area (TPSA) is 21.3 Å². The van der Waals surface area contributed by atoms with Crippen molar-refractivity contribution in [1.82, 2.24) is 5.32 Å². The molecule has 0 fully saturated rings. The second-order valence-electron chi connectivity index (χ2n) is 3.72. The molecule has 1 rings (SSSR count). The van der Waals surface area contributed by atoms with Crippen LogP contribution in [0.1, 0.15) is 18.1 Å². The van der Waals surface area contributed by atoms with Crippen molar-refractivity contribution in [2.75, 3.05) is 13.7 Å². The summed E-state index contributed by atoms with van der Waals surface area (Å²) in [7, 11) is 1.73. The first-order chi connectivity index (χ1) is 6.72. The van der Waals surface area contributed by atoms with Crippen LogP contribution in [-0.2, 0) is 11.3 Å². The Morgan fingerprint density at radius 2 is 1.93 bits per heavy atom. The Morgan fingerprint density at radius 3 is 2.50 bits per heavy atom. The number of rotatable bonds is 5. The van der Waals surface area contributed by atoms with E-state index >= 15 is 0 Å². The van der Waals surface area contributed by atoms with E-state index in [1.807, 2.05) is 0 Å². The summed E-state index contributed by atoms with van der Waals surface area (Å²) < 4.78 is 5.05. The molecule has 14 heavy (non-hydrogen) atoms. The zero-order valence-corrected chi connectivity index (χ0v) is 9.21. The Morgan fingerprint density at radius 1 is 1.29 bits per heavy atom. The van der Waals surface area contributed by atoms with Gasteiger partial charge in [-0.1, -0.05) is 29.8 Å². The molecular formula is C12H19NO. The van der Waals surface area contributed by atoms with Gasteiger partial charge in [0.2, 0.25) is 0 Å². The summed E-state index contributed by atoms with van der Waals surface area (Å²) in [5.74, 6) is 0. The molecule has 78 valence electrons. The van der Waals surface area contributed by atoms with Crippen LogP contribution in [0.5, 0.6) is 0 Å². The van der Waals surface area contributed by atoms with Crippen LogP contribution in [0.4, 0.5) is 0 Å². The fourth-order valence-electron chi connectivity index (χ4n) is 1.31. The van der Waals surface area contributed by atoms with E-state index in [1.54, 1.807) is 7.11 Å². The van der Waals surface area contributed by atoms with Crippen LogP contribution < -0.4 is 5.32 Å². The summed E-state index contributed by atoms with van der Waals surface area (Å²) in [5.41, 5.74) is 2.62. The average molecular weight is 193 g/mol. The minimum atomic E-state index is 0.404. The van der Waals surface area contributed by atoms with Crippen molar-refractivity contribution in [2.24, 2.45) is 0 Å². The van der Waals surface area contributed by atoms with Gasteiger partial charge in [-0.3, -0.25) is 0 Å². The molecule has 2 nitrogen and oxygen atoms in total. The molecule has 0 bridgehead atoms. The Kier molecular flexibility index (Phi) is 4.63. The highest BCUT2D eigenvalue weighted by molar-refractivity contribution is 5.21. The van der Waals surface area contributed by atoms with Gasteiger partial charge in [-0.25, -0.2) is 0 Å². The number of hydrogen-bond donors (Lipinski definition) is 1. The van der Waals surface area contributed by atoms with Gasteiger partial charge in [-0.2, -0.15) is 0 Å². The van der Waals surface area contributed by atoms with Crippen LogP contribution in [-0.4, -0.2) is 19.8 Å². The predicted octanol–water partition coefficient (Wildman–Crippen LogP) is 2.12. The summed E-state index contributed by atoms with van der Waals surface area (Å²) in [6.45, 7) is 5.89. The van der Waals surface area contributed by atoms with Crippen LogP contribution >= 0.6 is 0 Å². The Hall–Kier alpha value is -0.860. The molecule has 0 spiro atoms. The first kappa shape index (κ1) is 11.2. The summed E-state index contributed by atoms with van der Waals surface area (Å²) in [5, 5.41) is 3.39. The van der Waals surface area contributed by atoms with E-state index in [-0.39, 0.29) is 0 Å². The van der Waals surface area contributed by atoms with E-state index in [0.29, 0.717) is 6.04 Å². The van der Waals surface area contributed by atoms with Crippen molar-refractivity contribution in [2.45, 2.75) is 26.4 Å². The number of benzene rings is 1. The van der Waals surface area contributed by atoms with Crippen molar-refractivity contribution in [1.29, 1.82) is 0 Å². The lowest BCUT2D eigenvalue weighted by Crippen LogP contribution is -2.29. The van der Waals surface area contributed by atoms with E-state index in [2.05, 4.69) is 43.4 Å². The fourth-order valence-corrected chi connectivity index (χ4v) is 1.31.